The first-order valence-electron chi connectivity index (χ1n) is 9.03. The summed E-state index contributed by atoms with van der Waals surface area (Å²) in [5, 5.41) is 0. The highest BCUT2D eigenvalue weighted by Crippen LogP contribution is 2.22. The van der Waals surface area contributed by atoms with E-state index in [1.807, 2.05) is 31.2 Å². The number of sulfonamides is 1. The van der Waals surface area contributed by atoms with E-state index in [4.69, 9.17) is 0 Å². The van der Waals surface area contributed by atoms with Gasteiger partial charge in [0, 0.05) is 31.7 Å². The fraction of sp³-hybridized carbons (Fsp3) is 0.632. The molecule has 1 aliphatic rings. The van der Waals surface area contributed by atoms with E-state index in [9.17, 15) is 13.2 Å². The molecular weight excluding hydrogens is 336 g/mol. The number of hydrogen-bond donors (Lipinski definition) is 0. The van der Waals surface area contributed by atoms with Crippen molar-refractivity contribution in [3.05, 3.63) is 35.4 Å². The molecule has 0 aliphatic carbocycles. The Morgan fingerprint density at radius 1 is 1.04 bits per heavy atom. The van der Waals surface area contributed by atoms with Crippen LogP contribution in [-0.4, -0.2) is 55.5 Å². The molecule has 1 heterocycles. The van der Waals surface area contributed by atoms with Gasteiger partial charge in [0.05, 0.1) is 5.75 Å². The van der Waals surface area contributed by atoms with Crippen LogP contribution in [-0.2, 0) is 15.4 Å². The second-order valence-corrected chi connectivity index (χ2v) is 9.78. The first-order valence-corrected chi connectivity index (χ1v) is 10.6. The SMILES string of the molecule is CCCS(=O)(=O)N1CCCN(C(=O)c2ccc(C(C)(C)C)cc2)CC1. The third kappa shape index (κ3) is 5.05. The van der Waals surface area contributed by atoms with Crippen LogP contribution in [0.4, 0.5) is 0 Å². The number of hydrogen-bond acceptors (Lipinski definition) is 3. The highest BCUT2D eigenvalue weighted by molar-refractivity contribution is 7.89. The number of nitrogens with zero attached hydrogens (tertiary/aromatic N) is 2. The summed E-state index contributed by atoms with van der Waals surface area (Å²) in [4.78, 5) is 14.5. The summed E-state index contributed by atoms with van der Waals surface area (Å²) in [6.45, 7) is 10.2. The van der Waals surface area contributed by atoms with Gasteiger partial charge in [-0.15, -0.1) is 0 Å². The van der Waals surface area contributed by atoms with Gasteiger partial charge in [-0.2, -0.15) is 0 Å². The van der Waals surface area contributed by atoms with Gasteiger partial charge < -0.3 is 4.90 Å². The summed E-state index contributed by atoms with van der Waals surface area (Å²) in [5.74, 6) is 0.157. The molecule has 6 heteroatoms. The molecule has 0 aromatic heterocycles. The Balaban J connectivity index is 2.06. The first kappa shape index (κ1) is 19.9. The summed E-state index contributed by atoms with van der Waals surface area (Å²) >= 11 is 0. The van der Waals surface area contributed by atoms with Crippen LogP contribution in [0.15, 0.2) is 24.3 Å². The molecule has 1 aromatic carbocycles. The van der Waals surface area contributed by atoms with E-state index < -0.39 is 10.0 Å². The zero-order chi connectivity index (χ0) is 18.7. The average Bonchev–Trinajstić information content (AvgIpc) is 2.80. The maximum absolute atomic E-state index is 12.8. The molecule has 2 rings (SSSR count). The predicted molar refractivity (Wildman–Crippen MR) is 101 cm³/mol. The zero-order valence-corrected chi connectivity index (χ0v) is 16.6. The van der Waals surface area contributed by atoms with Gasteiger partial charge in [0.25, 0.3) is 5.91 Å². The second-order valence-electron chi connectivity index (χ2n) is 7.69. The number of rotatable bonds is 4. The molecule has 25 heavy (non-hydrogen) atoms. The minimum absolute atomic E-state index is 0.0183. The number of carbonyl (C=O) groups is 1. The topological polar surface area (TPSA) is 57.7 Å². The lowest BCUT2D eigenvalue weighted by atomic mass is 9.86. The van der Waals surface area contributed by atoms with Gasteiger partial charge >= 0.3 is 0 Å². The summed E-state index contributed by atoms with van der Waals surface area (Å²) in [6.07, 6.45) is 1.29. The summed E-state index contributed by atoms with van der Waals surface area (Å²) in [7, 11) is -3.20. The van der Waals surface area contributed by atoms with E-state index in [-0.39, 0.29) is 17.1 Å². The van der Waals surface area contributed by atoms with Crippen molar-refractivity contribution in [2.24, 2.45) is 0 Å². The van der Waals surface area contributed by atoms with Crippen LogP contribution >= 0.6 is 0 Å². The van der Waals surface area contributed by atoms with Crippen molar-refractivity contribution in [2.45, 2.75) is 46.0 Å². The molecule has 1 amide bonds. The van der Waals surface area contributed by atoms with Crippen molar-refractivity contribution in [3.8, 4) is 0 Å². The van der Waals surface area contributed by atoms with Crippen LogP contribution in [0.1, 0.15) is 56.5 Å². The number of benzene rings is 1. The molecule has 1 saturated heterocycles. The highest BCUT2D eigenvalue weighted by atomic mass is 32.2. The van der Waals surface area contributed by atoms with Crippen molar-refractivity contribution in [1.29, 1.82) is 0 Å². The lowest BCUT2D eigenvalue weighted by Gasteiger charge is -2.23. The first-order chi connectivity index (χ1) is 11.6. The Kier molecular flexibility index (Phi) is 6.27. The van der Waals surface area contributed by atoms with Gasteiger partial charge in [0.1, 0.15) is 0 Å². The monoisotopic (exact) mass is 366 g/mol. The Bertz CT molecular complexity index is 690. The molecule has 0 unspecified atom stereocenters. The van der Waals surface area contributed by atoms with Crippen LogP contribution < -0.4 is 0 Å². The summed E-state index contributed by atoms with van der Waals surface area (Å²) < 4.78 is 26.0. The van der Waals surface area contributed by atoms with E-state index in [2.05, 4.69) is 20.8 Å². The summed E-state index contributed by atoms with van der Waals surface area (Å²) in [6, 6.07) is 7.75. The quantitative estimate of drug-likeness (QED) is 0.823. The van der Waals surface area contributed by atoms with Gasteiger partial charge in [-0.3, -0.25) is 4.79 Å². The maximum atomic E-state index is 12.8. The predicted octanol–water partition coefficient (Wildman–Crippen LogP) is 2.87. The molecule has 0 radical (unpaired) electrons. The minimum atomic E-state index is -3.20. The summed E-state index contributed by atoms with van der Waals surface area (Å²) in [5.41, 5.74) is 1.91. The molecule has 5 nitrogen and oxygen atoms in total. The zero-order valence-electron chi connectivity index (χ0n) is 15.8. The Labute approximate surface area is 152 Å². The molecule has 1 aliphatic heterocycles. The number of amides is 1. The van der Waals surface area contributed by atoms with Gasteiger partial charge in [0.2, 0.25) is 10.0 Å². The Morgan fingerprint density at radius 3 is 2.24 bits per heavy atom. The van der Waals surface area contributed by atoms with E-state index >= 15 is 0 Å². The molecule has 140 valence electrons. The van der Waals surface area contributed by atoms with Crippen LogP contribution in [0.3, 0.4) is 0 Å². The van der Waals surface area contributed by atoms with E-state index in [1.54, 1.807) is 4.90 Å². The third-order valence-electron chi connectivity index (χ3n) is 4.60. The maximum Gasteiger partial charge on any atom is 0.253 e. The van der Waals surface area contributed by atoms with Crippen molar-refractivity contribution < 1.29 is 13.2 Å². The molecule has 0 spiro atoms. The van der Waals surface area contributed by atoms with Gasteiger partial charge in [-0.1, -0.05) is 39.8 Å². The van der Waals surface area contributed by atoms with Crippen molar-refractivity contribution in [1.82, 2.24) is 9.21 Å². The Morgan fingerprint density at radius 2 is 1.68 bits per heavy atom. The molecule has 0 bridgehead atoms. The lowest BCUT2D eigenvalue weighted by molar-refractivity contribution is 0.0764. The van der Waals surface area contributed by atoms with Crippen LogP contribution in [0.2, 0.25) is 0 Å². The molecule has 1 aromatic rings. The highest BCUT2D eigenvalue weighted by Gasteiger charge is 2.26. The van der Waals surface area contributed by atoms with Crippen molar-refractivity contribution in [2.75, 3.05) is 31.9 Å². The third-order valence-corrected chi connectivity index (χ3v) is 6.67. The van der Waals surface area contributed by atoms with Gasteiger partial charge in [-0.05, 0) is 36.0 Å². The molecular formula is C19H30N2O3S. The fourth-order valence-electron chi connectivity index (χ4n) is 3.06. The largest absolute Gasteiger partial charge is 0.337 e. The van der Waals surface area contributed by atoms with E-state index in [0.717, 1.165) is 0 Å². The fourth-order valence-corrected chi connectivity index (χ4v) is 4.60. The second kappa shape index (κ2) is 7.87. The van der Waals surface area contributed by atoms with E-state index in [1.165, 1.54) is 9.87 Å². The van der Waals surface area contributed by atoms with Crippen LogP contribution in [0.25, 0.3) is 0 Å². The van der Waals surface area contributed by atoms with Gasteiger partial charge in [0.15, 0.2) is 0 Å². The number of carbonyl (C=O) groups excluding carboxylic acids is 1. The van der Waals surface area contributed by atoms with Crippen molar-refractivity contribution in [3.63, 3.8) is 0 Å². The smallest absolute Gasteiger partial charge is 0.253 e. The lowest BCUT2D eigenvalue weighted by Crippen LogP contribution is -2.38. The molecule has 0 saturated carbocycles. The van der Waals surface area contributed by atoms with Gasteiger partial charge in [-0.25, -0.2) is 12.7 Å². The normalized spacial score (nSPS) is 17.4. The Hall–Kier alpha value is -1.40. The minimum Gasteiger partial charge on any atom is -0.337 e. The van der Waals surface area contributed by atoms with E-state index in [0.29, 0.717) is 44.6 Å². The standard InChI is InChI=1S/C19H30N2O3S/c1-5-15-25(23,24)21-12-6-11-20(13-14-21)18(22)16-7-9-17(10-8-16)19(2,3)4/h7-10H,5-6,11-15H2,1-4H3. The van der Waals surface area contributed by atoms with Crippen LogP contribution in [0, 0.1) is 0 Å². The molecule has 0 N–H and O–H groups in total. The molecule has 1 fully saturated rings. The van der Waals surface area contributed by atoms with Crippen molar-refractivity contribution >= 4 is 15.9 Å². The van der Waals surface area contributed by atoms with Crippen LogP contribution in [0.5, 0.6) is 0 Å². The molecule has 0 atom stereocenters. The average molecular weight is 367 g/mol.